The molecular weight excluding hydrogens is 470 g/mol. The van der Waals surface area contributed by atoms with E-state index in [1.54, 1.807) is 0 Å². The van der Waals surface area contributed by atoms with E-state index < -0.39 is 0 Å². The molecule has 0 bridgehead atoms. The maximum atomic E-state index is 13.5. The van der Waals surface area contributed by atoms with Gasteiger partial charge in [-0.1, -0.05) is 36.1 Å². The highest BCUT2D eigenvalue weighted by Gasteiger charge is 2.26. The molecule has 0 aliphatic carbocycles. The lowest BCUT2D eigenvalue weighted by atomic mass is 9.96. The monoisotopic (exact) mass is 504 g/mol. The van der Waals surface area contributed by atoms with Crippen molar-refractivity contribution in [2.75, 3.05) is 45.9 Å². The normalized spacial score (nSPS) is 14.4. The number of hydrogen-bond acceptors (Lipinski definition) is 4. The molecule has 1 heterocycles. The number of halogens is 2. The topological polar surface area (TPSA) is 35.9 Å². The molecule has 0 amide bonds. The van der Waals surface area contributed by atoms with Gasteiger partial charge >= 0.3 is 0 Å². The Kier molecular flexibility index (Phi) is 10.1. The molecule has 0 spiro atoms. The summed E-state index contributed by atoms with van der Waals surface area (Å²) >= 11 is 0. The lowest BCUT2D eigenvalue weighted by molar-refractivity contribution is 0.107. The fourth-order valence-electron chi connectivity index (χ4n) is 4.63. The zero-order valence-corrected chi connectivity index (χ0v) is 21.1. The Bertz CT molecular complexity index is 1100. The fourth-order valence-corrected chi connectivity index (χ4v) is 4.63. The van der Waals surface area contributed by atoms with Gasteiger partial charge < -0.3 is 14.7 Å². The number of piperazine rings is 1. The van der Waals surface area contributed by atoms with Crippen molar-refractivity contribution in [3.63, 3.8) is 0 Å². The number of benzene rings is 3. The van der Waals surface area contributed by atoms with Crippen LogP contribution in [-0.2, 0) is 0 Å². The average molecular weight is 505 g/mol. The molecule has 0 atom stereocenters. The highest BCUT2D eigenvalue weighted by Crippen LogP contribution is 2.30. The van der Waals surface area contributed by atoms with Crippen LogP contribution in [0, 0.1) is 23.5 Å². The second-order valence-electron chi connectivity index (χ2n) is 9.24. The maximum Gasteiger partial charge on any atom is 0.123 e. The van der Waals surface area contributed by atoms with E-state index in [1.807, 2.05) is 48.5 Å². The predicted molar refractivity (Wildman–Crippen MR) is 142 cm³/mol. The molecular formula is C31H34F2N2O2. The predicted octanol–water partition coefficient (Wildman–Crippen LogP) is 5.26. The van der Waals surface area contributed by atoms with Crippen LogP contribution in [0.3, 0.4) is 0 Å². The summed E-state index contributed by atoms with van der Waals surface area (Å²) in [5.41, 5.74) is 2.95. The van der Waals surface area contributed by atoms with Crippen LogP contribution in [0.25, 0.3) is 0 Å². The van der Waals surface area contributed by atoms with Crippen molar-refractivity contribution >= 4 is 0 Å². The van der Waals surface area contributed by atoms with Gasteiger partial charge in [-0.25, -0.2) is 8.78 Å². The Balaban J connectivity index is 1.22. The van der Waals surface area contributed by atoms with Gasteiger partial charge in [-0.3, -0.25) is 4.90 Å². The van der Waals surface area contributed by atoms with E-state index in [0.717, 1.165) is 68.0 Å². The molecule has 0 aromatic heterocycles. The van der Waals surface area contributed by atoms with E-state index in [2.05, 4.69) is 21.6 Å². The third kappa shape index (κ3) is 8.13. The van der Waals surface area contributed by atoms with Crippen LogP contribution in [0.1, 0.15) is 42.0 Å². The first kappa shape index (κ1) is 26.8. The van der Waals surface area contributed by atoms with Crippen molar-refractivity contribution in [3.8, 4) is 17.6 Å². The van der Waals surface area contributed by atoms with Crippen LogP contribution < -0.4 is 4.74 Å². The Hall–Kier alpha value is -3.24. The van der Waals surface area contributed by atoms with Crippen LogP contribution in [0.4, 0.5) is 8.78 Å². The zero-order valence-electron chi connectivity index (χ0n) is 21.1. The van der Waals surface area contributed by atoms with E-state index in [9.17, 15) is 8.78 Å². The van der Waals surface area contributed by atoms with Crippen molar-refractivity contribution in [2.45, 2.75) is 25.3 Å². The molecule has 4 nitrogen and oxygen atoms in total. The number of hydrogen-bond donors (Lipinski definition) is 1. The molecule has 0 radical (unpaired) electrons. The molecule has 3 aromatic carbocycles. The van der Waals surface area contributed by atoms with Gasteiger partial charge in [0, 0.05) is 38.2 Å². The first-order chi connectivity index (χ1) is 18.1. The molecule has 1 aliphatic heterocycles. The highest BCUT2D eigenvalue weighted by molar-refractivity contribution is 5.38. The van der Waals surface area contributed by atoms with Crippen molar-refractivity contribution in [1.82, 2.24) is 9.80 Å². The van der Waals surface area contributed by atoms with Crippen molar-refractivity contribution in [3.05, 3.63) is 101 Å². The number of aliphatic hydroxyl groups is 1. The summed E-state index contributed by atoms with van der Waals surface area (Å²) in [6, 6.07) is 21.0. The molecule has 1 aliphatic rings. The Morgan fingerprint density at radius 3 is 1.95 bits per heavy atom. The minimum Gasteiger partial charge on any atom is -0.494 e. The summed E-state index contributed by atoms with van der Waals surface area (Å²) < 4.78 is 33.0. The number of unbranched alkanes of at least 4 members (excludes halogenated alkanes) is 1. The smallest absolute Gasteiger partial charge is 0.123 e. The highest BCUT2D eigenvalue weighted by atomic mass is 19.1. The minimum atomic E-state index is -0.254. The molecule has 194 valence electrons. The fraction of sp³-hybridized carbons (Fsp3) is 0.355. The third-order valence-corrected chi connectivity index (χ3v) is 6.60. The first-order valence-electron chi connectivity index (χ1n) is 12.9. The van der Waals surface area contributed by atoms with E-state index in [1.165, 1.54) is 24.3 Å². The Labute approximate surface area is 218 Å². The van der Waals surface area contributed by atoms with Gasteiger partial charge in [-0.15, -0.1) is 0 Å². The zero-order chi connectivity index (χ0) is 25.9. The van der Waals surface area contributed by atoms with Crippen molar-refractivity contribution in [1.29, 1.82) is 0 Å². The summed E-state index contributed by atoms with van der Waals surface area (Å²) in [4.78, 5) is 4.88. The van der Waals surface area contributed by atoms with Crippen LogP contribution in [-0.4, -0.2) is 60.8 Å². The SMILES string of the molecule is OCCC#Cc1ccc(OCCCCN2CCN(C(c3ccc(F)cc3)c3ccc(F)cc3)CC2)cc1. The minimum absolute atomic E-state index is 0.0243. The lowest BCUT2D eigenvalue weighted by Crippen LogP contribution is -2.48. The van der Waals surface area contributed by atoms with Gasteiger partial charge in [0.05, 0.1) is 19.3 Å². The maximum absolute atomic E-state index is 13.5. The summed E-state index contributed by atoms with van der Waals surface area (Å²) in [6.45, 7) is 5.47. The van der Waals surface area contributed by atoms with Gasteiger partial charge in [-0.05, 0) is 79.0 Å². The largest absolute Gasteiger partial charge is 0.494 e. The molecule has 6 heteroatoms. The van der Waals surface area contributed by atoms with Gasteiger partial charge in [0.25, 0.3) is 0 Å². The van der Waals surface area contributed by atoms with Gasteiger partial charge in [0.15, 0.2) is 0 Å². The molecule has 4 rings (SSSR count). The number of aliphatic hydroxyl groups excluding tert-OH is 1. The second-order valence-corrected chi connectivity index (χ2v) is 9.24. The van der Waals surface area contributed by atoms with Crippen LogP contribution in [0.5, 0.6) is 5.75 Å². The van der Waals surface area contributed by atoms with Crippen LogP contribution >= 0.6 is 0 Å². The van der Waals surface area contributed by atoms with E-state index >= 15 is 0 Å². The molecule has 37 heavy (non-hydrogen) atoms. The number of rotatable bonds is 10. The Morgan fingerprint density at radius 1 is 0.784 bits per heavy atom. The Morgan fingerprint density at radius 2 is 1.38 bits per heavy atom. The average Bonchev–Trinajstić information content (AvgIpc) is 2.92. The van der Waals surface area contributed by atoms with E-state index in [0.29, 0.717) is 13.0 Å². The summed E-state index contributed by atoms with van der Waals surface area (Å²) in [6.07, 6.45) is 2.52. The first-order valence-corrected chi connectivity index (χ1v) is 12.9. The molecule has 1 saturated heterocycles. The number of ether oxygens (including phenoxy) is 1. The van der Waals surface area contributed by atoms with E-state index in [4.69, 9.17) is 9.84 Å². The summed E-state index contributed by atoms with van der Waals surface area (Å²) in [5.74, 6) is 6.26. The second kappa shape index (κ2) is 13.9. The molecule has 1 N–H and O–H groups in total. The quantitative estimate of drug-likeness (QED) is 0.302. The molecule has 3 aromatic rings. The lowest BCUT2D eigenvalue weighted by Gasteiger charge is -2.40. The molecule has 0 unspecified atom stereocenters. The van der Waals surface area contributed by atoms with Gasteiger partial charge in [0.1, 0.15) is 17.4 Å². The number of nitrogens with zero attached hydrogens (tertiary/aromatic N) is 2. The van der Waals surface area contributed by atoms with Crippen LogP contribution in [0.15, 0.2) is 72.8 Å². The standard InChI is InChI=1S/C31H34F2N2O2/c32-28-12-8-26(9-13-28)31(27-10-14-29(33)15-11-27)35-21-19-34(20-22-35)18-2-4-24-37-30-16-6-25(7-17-30)5-1-3-23-36/h6-17,31,36H,2-4,18-24H2. The molecule has 0 saturated carbocycles. The third-order valence-electron chi connectivity index (χ3n) is 6.60. The van der Waals surface area contributed by atoms with Crippen molar-refractivity contribution < 1.29 is 18.6 Å². The van der Waals surface area contributed by atoms with Gasteiger partial charge in [-0.2, -0.15) is 0 Å². The van der Waals surface area contributed by atoms with Gasteiger partial charge in [0.2, 0.25) is 0 Å². The van der Waals surface area contributed by atoms with Crippen LogP contribution in [0.2, 0.25) is 0 Å². The summed E-state index contributed by atoms with van der Waals surface area (Å²) in [5, 5.41) is 8.80. The summed E-state index contributed by atoms with van der Waals surface area (Å²) in [7, 11) is 0. The van der Waals surface area contributed by atoms with E-state index in [-0.39, 0.29) is 24.3 Å². The van der Waals surface area contributed by atoms with Crippen molar-refractivity contribution in [2.24, 2.45) is 0 Å². The molecule has 1 fully saturated rings.